The van der Waals surface area contributed by atoms with Gasteiger partial charge in [-0.25, -0.2) is 4.79 Å². The Bertz CT molecular complexity index is 916. The van der Waals surface area contributed by atoms with E-state index in [-0.39, 0.29) is 22.7 Å². The van der Waals surface area contributed by atoms with Gasteiger partial charge in [-0.1, -0.05) is 35.0 Å². The molecule has 2 aliphatic rings. The van der Waals surface area contributed by atoms with E-state index >= 15 is 0 Å². The molecule has 0 saturated heterocycles. The lowest BCUT2D eigenvalue weighted by Crippen LogP contribution is -2.48. The summed E-state index contributed by atoms with van der Waals surface area (Å²) >= 11 is 9.38. The summed E-state index contributed by atoms with van der Waals surface area (Å²) in [5.74, 6) is -1.40. The number of benzene rings is 1. The van der Waals surface area contributed by atoms with Gasteiger partial charge >= 0.3 is 12.1 Å². The number of aliphatic carboxylic acids is 1. The fourth-order valence-electron chi connectivity index (χ4n) is 3.04. The van der Waals surface area contributed by atoms with E-state index in [9.17, 15) is 23.1 Å². The van der Waals surface area contributed by atoms with Crippen LogP contribution < -0.4 is 11.1 Å². The van der Waals surface area contributed by atoms with Crippen molar-refractivity contribution in [3.63, 3.8) is 0 Å². The van der Waals surface area contributed by atoms with Gasteiger partial charge in [0.2, 0.25) is 0 Å². The van der Waals surface area contributed by atoms with Crippen molar-refractivity contribution in [1.29, 1.82) is 0 Å². The van der Waals surface area contributed by atoms with E-state index < -0.39 is 35.0 Å². The number of nitrogens with one attached hydrogen (secondary N) is 1. The van der Waals surface area contributed by atoms with Crippen LogP contribution in [0.4, 0.5) is 13.2 Å². The maximum Gasteiger partial charge on any atom is 0.416 e. The Balaban J connectivity index is 2.04. The van der Waals surface area contributed by atoms with Gasteiger partial charge in [-0.2, -0.15) is 13.2 Å². The topological polar surface area (TPSA) is 96.9 Å². The number of alkyl halides is 3. The number of nitrogens with two attached hydrogens (primary N) is 1. The van der Waals surface area contributed by atoms with Crippen molar-refractivity contribution in [2.45, 2.75) is 30.7 Å². The number of rotatable bonds is 4. The molecular formula is C17H14BrClF3N3O3. The van der Waals surface area contributed by atoms with Gasteiger partial charge in [0.1, 0.15) is 10.3 Å². The third kappa shape index (κ3) is 4.03. The number of oxime groups is 1. The van der Waals surface area contributed by atoms with Crippen molar-refractivity contribution in [3.8, 4) is 0 Å². The largest absolute Gasteiger partial charge is 0.477 e. The second kappa shape index (κ2) is 7.41. The van der Waals surface area contributed by atoms with Crippen LogP contribution in [0.15, 0.2) is 51.9 Å². The van der Waals surface area contributed by atoms with E-state index in [2.05, 4.69) is 26.4 Å². The minimum atomic E-state index is -4.59. The van der Waals surface area contributed by atoms with Gasteiger partial charge in [0.25, 0.3) is 0 Å². The fourth-order valence-corrected chi connectivity index (χ4v) is 3.67. The van der Waals surface area contributed by atoms with Gasteiger partial charge in [0, 0.05) is 6.42 Å². The summed E-state index contributed by atoms with van der Waals surface area (Å²) in [5, 5.41) is 15.5. The predicted molar refractivity (Wildman–Crippen MR) is 99.7 cm³/mol. The summed E-state index contributed by atoms with van der Waals surface area (Å²) in [6, 6.07) is 4.93. The van der Waals surface area contributed by atoms with Gasteiger partial charge < -0.3 is 21.0 Å². The van der Waals surface area contributed by atoms with Gasteiger partial charge in [-0.15, -0.1) is 0 Å². The van der Waals surface area contributed by atoms with E-state index in [1.54, 1.807) is 0 Å². The first-order valence-corrected chi connectivity index (χ1v) is 9.14. The molecule has 4 N–H and O–H groups in total. The standard InChI is InChI=1S/C17H14BrClF3N3O3/c18-12-5-11(28-25-12)10-7-16(23,14(19)13(24-10)15(26)27)6-8-3-1-2-4-9(8)17(20,21)22/h1-4,7,11,24H,5-6,23H2,(H,26,27). The van der Waals surface area contributed by atoms with Gasteiger partial charge in [-0.05, 0) is 40.1 Å². The molecule has 0 radical (unpaired) electrons. The Labute approximate surface area is 171 Å². The number of carbonyl (C=O) groups is 1. The molecule has 150 valence electrons. The smallest absolute Gasteiger partial charge is 0.416 e. The highest BCUT2D eigenvalue weighted by Crippen LogP contribution is 2.38. The lowest BCUT2D eigenvalue weighted by molar-refractivity contribution is -0.138. The molecule has 1 aromatic rings. The monoisotopic (exact) mass is 479 g/mol. The number of carboxylic acid groups (broad SMARTS) is 1. The molecule has 28 heavy (non-hydrogen) atoms. The molecular weight excluding hydrogens is 467 g/mol. The van der Waals surface area contributed by atoms with E-state index in [1.165, 1.54) is 24.3 Å². The Morgan fingerprint density at radius 3 is 2.71 bits per heavy atom. The Hall–Kier alpha value is -2.04. The molecule has 0 saturated carbocycles. The molecule has 0 amide bonds. The summed E-state index contributed by atoms with van der Waals surface area (Å²) < 4.78 is 40.5. The zero-order valence-corrected chi connectivity index (χ0v) is 16.4. The number of nitrogens with zero attached hydrogens (tertiary/aromatic N) is 1. The molecule has 11 heteroatoms. The highest BCUT2D eigenvalue weighted by atomic mass is 79.9. The summed E-state index contributed by atoms with van der Waals surface area (Å²) in [4.78, 5) is 16.8. The second-order valence-electron chi connectivity index (χ2n) is 6.36. The maximum atomic E-state index is 13.3. The molecule has 2 unspecified atom stereocenters. The lowest BCUT2D eigenvalue weighted by Gasteiger charge is -2.34. The molecule has 0 aliphatic carbocycles. The zero-order valence-electron chi connectivity index (χ0n) is 14.1. The summed E-state index contributed by atoms with van der Waals surface area (Å²) in [5.41, 5.74) is 3.51. The molecule has 6 nitrogen and oxygen atoms in total. The van der Waals surface area contributed by atoms with E-state index in [0.717, 1.165) is 6.07 Å². The van der Waals surface area contributed by atoms with Crippen LogP contribution in [0.3, 0.4) is 0 Å². The Morgan fingerprint density at radius 1 is 1.46 bits per heavy atom. The van der Waals surface area contributed by atoms with Crippen molar-refractivity contribution in [2.24, 2.45) is 10.9 Å². The van der Waals surface area contributed by atoms with Crippen molar-refractivity contribution in [1.82, 2.24) is 5.32 Å². The predicted octanol–water partition coefficient (Wildman–Crippen LogP) is 3.46. The molecule has 2 aliphatic heterocycles. The molecule has 0 bridgehead atoms. The third-order valence-electron chi connectivity index (χ3n) is 4.31. The van der Waals surface area contributed by atoms with Crippen LogP contribution in [0.2, 0.25) is 0 Å². The van der Waals surface area contributed by atoms with Crippen molar-refractivity contribution < 1.29 is 27.9 Å². The number of carboxylic acids is 1. The Kier molecular flexibility index (Phi) is 5.48. The van der Waals surface area contributed by atoms with Crippen LogP contribution in [-0.4, -0.2) is 27.3 Å². The maximum absolute atomic E-state index is 13.3. The van der Waals surface area contributed by atoms with E-state index in [1.807, 2.05) is 0 Å². The third-order valence-corrected chi connectivity index (χ3v) is 5.32. The fraction of sp³-hybridized carbons (Fsp3) is 0.294. The number of hydrogen-bond acceptors (Lipinski definition) is 5. The summed E-state index contributed by atoms with van der Waals surface area (Å²) in [6.07, 6.45) is -3.93. The average molecular weight is 481 g/mol. The average Bonchev–Trinajstić information content (AvgIpc) is 3.03. The molecule has 0 spiro atoms. The summed E-state index contributed by atoms with van der Waals surface area (Å²) in [6.45, 7) is 0. The van der Waals surface area contributed by atoms with Crippen LogP contribution in [0.5, 0.6) is 0 Å². The first-order valence-electron chi connectivity index (χ1n) is 7.97. The Morgan fingerprint density at radius 2 is 2.14 bits per heavy atom. The van der Waals surface area contributed by atoms with Gasteiger partial charge in [0.15, 0.2) is 6.10 Å². The number of dihydropyridines is 1. The minimum Gasteiger partial charge on any atom is -0.477 e. The van der Waals surface area contributed by atoms with E-state index in [0.29, 0.717) is 11.0 Å². The quantitative estimate of drug-likeness (QED) is 0.613. The SMILES string of the molecule is NC1(Cc2ccccc2C(F)(F)F)C=C(C2CC(Br)=NO2)NC(C(=O)O)=C1Cl. The van der Waals surface area contributed by atoms with Crippen LogP contribution in [0.25, 0.3) is 0 Å². The molecule has 2 atom stereocenters. The molecule has 2 heterocycles. The first-order chi connectivity index (χ1) is 13.0. The molecule has 1 aromatic carbocycles. The second-order valence-corrected chi connectivity index (χ2v) is 7.65. The molecule has 3 rings (SSSR count). The van der Waals surface area contributed by atoms with Gasteiger partial charge in [-0.3, -0.25) is 0 Å². The van der Waals surface area contributed by atoms with E-state index in [4.69, 9.17) is 22.2 Å². The van der Waals surface area contributed by atoms with Crippen LogP contribution in [-0.2, 0) is 22.2 Å². The number of halogens is 5. The molecule has 0 aromatic heterocycles. The molecule has 0 fully saturated rings. The minimum absolute atomic E-state index is 0.109. The number of hydrogen-bond donors (Lipinski definition) is 3. The highest BCUT2D eigenvalue weighted by Gasteiger charge is 2.41. The zero-order chi connectivity index (χ0) is 20.7. The summed E-state index contributed by atoms with van der Waals surface area (Å²) in [7, 11) is 0. The van der Waals surface area contributed by atoms with Crippen molar-refractivity contribution in [3.05, 3.63) is 57.9 Å². The highest BCUT2D eigenvalue weighted by molar-refractivity contribution is 9.18. The van der Waals surface area contributed by atoms with Crippen molar-refractivity contribution >= 4 is 38.1 Å². The van der Waals surface area contributed by atoms with Crippen LogP contribution >= 0.6 is 27.5 Å². The normalized spacial score (nSPS) is 25.0. The van der Waals surface area contributed by atoms with Gasteiger partial charge in [0.05, 0.1) is 21.8 Å². The van der Waals surface area contributed by atoms with Crippen LogP contribution in [0.1, 0.15) is 17.5 Å². The first kappa shape index (κ1) is 20.7. The van der Waals surface area contributed by atoms with Crippen molar-refractivity contribution in [2.75, 3.05) is 0 Å². The van der Waals surface area contributed by atoms with Crippen LogP contribution in [0, 0.1) is 0 Å². The lowest BCUT2D eigenvalue weighted by atomic mass is 9.84.